The lowest BCUT2D eigenvalue weighted by atomic mass is 10.3. The van der Waals surface area contributed by atoms with Crippen LogP contribution in [0.2, 0.25) is 0 Å². The third-order valence-corrected chi connectivity index (χ3v) is 3.53. The molecule has 7 heteroatoms. The fourth-order valence-corrected chi connectivity index (χ4v) is 2.50. The van der Waals surface area contributed by atoms with Crippen molar-refractivity contribution in [1.29, 1.82) is 0 Å². The van der Waals surface area contributed by atoms with Gasteiger partial charge in [-0.3, -0.25) is 4.79 Å². The van der Waals surface area contributed by atoms with E-state index in [0.29, 0.717) is 41.4 Å². The van der Waals surface area contributed by atoms with E-state index in [2.05, 4.69) is 9.97 Å². The number of carbonyl (C=O) groups is 1. The second-order valence-corrected chi connectivity index (χ2v) is 5.17. The normalized spacial score (nSPS) is 10.9. The van der Waals surface area contributed by atoms with Gasteiger partial charge in [0.25, 0.3) is 0 Å². The van der Waals surface area contributed by atoms with E-state index in [1.165, 1.54) is 11.8 Å². The highest BCUT2D eigenvalue weighted by Crippen LogP contribution is 2.22. The average Bonchev–Trinajstić information content (AvgIpc) is 2.77. The predicted molar refractivity (Wildman–Crippen MR) is 72.6 cm³/mol. The maximum Gasteiger partial charge on any atom is 0.305 e. The highest BCUT2D eigenvalue weighted by atomic mass is 32.2. The second kappa shape index (κ2) is 6.69. The standard InChI is InChI=1S/C13H14F2N2O2S/c1-2-19-12(18)4-3-5-20-13-16-10-6-8(14)9(15)7-11(10)17-13/h6-7H,2-5H2,1H3,(H,16,17). The van der Waals surface area contributed by atoms with Gasteiger partial charge in [0, 0.05) is 24.3 Å². The molecule has 0 bridgehead atoms. The highest BCUT2D eigenvalue weighted by Gasteiger charge is 2.09. The van der Waals surface area contributed by atoms with E-state index in [1.54, 1.807) is 6.92 Å². The molecule has 2 aromatic rings. The molecule has 0 fully saturated rings. The lowest BCUT2D eigenvalue weighted by Crippen LogP contribution is -2.03. The van der Waals surface area contributed by atoms with E-state index in [4.69, 9.17) is 4.74 Å². The Bertz CT molecular complexity index is 577. The topological polar surface area (TPSA) is 55.0 Å². The molecule has 0 saturated heterocycles. The summed E-state index contributed by atoms with van der Waals surface area (Å²) in [6.45, 7) is 2.14. The molecule has 0 aliphatic carbocycles. The number of imidazole rings is 1. The van der Waals surface area contributed by atoms with Crippen LogP contribution >= 0.6 is 11.8 Å². The lowest BCUT2D eigenvalue weighted by molar-refractivity contribution is -0.143. The molecule has 0 aliphatic rings. The number of halogens is 2. The van der Waals surface area contributed by atoms with Gasteiger partial charge in [0.05, 0.1) is 17.6 Å². The Labute approximate surface area is 118 Å². The van der Waals surface area contributed by atoms with Crippen LogP contribution in [0, 0.1) is 11.6 Å². The van der Waals surface area contributed by atoms with Crippen molar-refractivity contribution in [3.05, 3.63) is 23.8 Å². The van der Waals surface area contributed by atoms with E-state index < -0.39 is 11.6 Å². The van der Waals surface area contributed by atoms with Crippen molar-refractivity contribution in [2.24, 2.45) is 0 Å². The third-order valence-electron chi connectivity index (χ3n) is 2.57. The number of thioether (sulfide) groups is 1. The summed E-state index contributed by atoms with van der Waals surface area (Å²) < 4.78 is 30.9. The predicted octanol–water partition coefficient (Wildman–Crippen LogP) is 3.28. The number of carbonyl (C=O) groups excluding carboxylic acids is 1. The van der Waals surface area contributed by atoms with E-state index in [9.17, 15) is 13.6 Å². The maximum absolute atomic E-state index is 13.0. The number of rotatable bonds is 6. The second-order valence-electron chi connectivity index (χ2n) is 4.08. The van der Waals surface area contributed by atoms with Crippen molar-refractivity contribution >= 4 is 28.8 Å². The number of fused-ring (bicyclic) bond motifs is 1. The molecule has 2 rings (SSSR count). The van der Waals surface area contributed by atoms with Gasteiger partial charge in [-0.25, -0.2) is 13.8 Å². The summed E-state index contributed by atoms with van der Waals surface area (Å²) in [6.07, 6.45) is 1.01. The molecule has 20 heavy (non-hydrogen) atoms. The zero-order valence-electron chi connectivity index (χ0n) is 10.9. The first-order chi connectivity index (χ1) is 9.60. The molecule has 0 aliphatic heterocycles. The number of benzene rings is 1. The number of aromatic nitrogens is 2. The first-order valence-electron chi connectivity index (χ1n) is 6.23. The zero-order chi connectivity index (χ0) is 14.5. The molecule has 1 aromatic carbocycles. The smallest absolute Gasteiger partial charge is 0.305 e. The summed E-state index contributed by atoms with van der Waals surface area (Å²) in [5, 5.41) is 0.578. The van der Waals surface area contributed by atoms with Gasteiger partial charge in [-0.15, -0.1) is 0 Å². The van der Waals surface area contributed by atoms with Gasteiger partial charge in [-0.2, -0.15) is 0 Å². The van der Waals surface area contributed by atoms with Gasteiger partial charge >= 0.3 is 5.97 Å². The summed E-state index contributed by atoms with van der Waals surface area (Å²) in [7, 11) is 0. The van der Waals surface area contributed by atoms with Crippen LogP contribution in [-0.4, -0.2) is 28.3 Å². The van der Waals surface area contributed by atoms with Crippen LogP contribution in [0.25, 0.3) is 11.0 Å². The van der Waals surface area contributed by atoms with Crippen LogP contribution in [-0.2, 0) is 9.53 Å². The van der Waals surface area contributed by atoms with Crippen molar-refractivity contribution in [3.8, 4) is 0 Å². The Hall–Kier alpha value is -1.63. The molecular weight excluding hydrogens is 286 g/mol. The number of hydrogen-bond acceptors (Lipinski definition) is 4. The molecule has 0 radical (unpaired) electrons. The SMILES string of the molecule is CCOC(=O)CCCSc1nc2cc(F)c(F)cc2[nH]1. The largest absolute Gasteiger partial charge is 0.466 e. The molecule has 1 heterocycles. The first-order valence-corrected chi connectivity index (χ1v) is 7.22. The first kappa shape index (κ1) is 14.8. The van der Waals surface area contributed by atoms with Gasteiger partial charge < -0.3 is 9.72 Å². The van der Waals surface area contributed by atoms with Crippen LogP contribution < -0.4 is 0 Å². The van der Waals surface area contributed by atoms with Crippen molar-refractivity contribution in [3.63, 3.8) is 0 Å². The number of nitrogens with zero attached hydrogens (tertiary/aromatic N) is 1. The molecule has 0 atom stereocenters. The minimum atomic E-state index is -0.914. The molecule has 108 valence electrons. The number of hydrogen-bond donors (Lipinski definition) is 1. The highest BCUT2D eigenvalue weighted by molar-refractivity contribution is 7.99. The number of nitrogens with one attached hydrogen (secondary N) is 1. The third kappa shape index (κ3) is 3.69. The molecule has 0 amide bonds. The maximum atomic E-state index is 13.0. The fourth-order valence-electron chi connectivity index (χ4n) is 1.67. The summed E-state index contributed by atoms with van der Waals surface area (Å²) in [4.78, 5) is 18.2. The molecule has 0 unspecified atom stereocenters. The number of aromatic amines is 1. The summed E-state index contributed by atoms with van der Waals surface area (Å²) in [6, 6.07) is 2.14. The van der Waals surface area contributed by atoms with E-state index in [0.717, 1.165) is 12.1 Å². The number of H-pyrrole nitrogens is 1. The summed E-state index contributed by atoms with van der Waals surface area (Å²) in [5.74, 6) is -1.37. The van der Waals surface area contributed by atoms with Crippen molar-refractivity contribution < 1.29 is 18.3 Å². The lowest BCUT2D eigenvalue weighted by Gasteiger charge is -2.00. The Kier molecular flexibility index (Phi) is 4.94. The molecule has 1 aromatic heterocycles. The molecule has 1 N–H and O–H groups in total. The quantitative estimate of drug-likeness (QED) is 0.505. The van der Waals surface area contributed by atoms with Crippen molar-refractivity contribution in [2.75, 3.05) is 12.4 Å². The van der Waals surface area contributed by atoms with E-state index >= 15 is 0 Å². The zero-order valence-corrected chi connectivity index (χ0v) is 11.7. The Morgan fingerprint density at radius 1 is 1.40 bits per heavy atom. The number of esters is 1. The summed E-state index contributed by atoms with van der Waals surface area (Å²) >= 11 is 1.40. The van der Waals surface area contributed by atoms with E-state index in [-0.39, 0.29) is 5.97 Å². The van der Waals surface area contributed by atoms with Gasteiger partial charge in [0.2, 0.25) is 0 Å². The van der Waals surface area contributed by atoms with Crippen LogP contribution in [0.4, 0.5) is 8.78 Å². The van der Waals surface area contributed by atoms with Crippen LogP contribution in [0.15, 0.2) is 17.3 Å². The molecule has 0 saturated carbocycles. The van der Waals surface area contributed by atoms with Gasteiger partial charge in [0.1, 0.15) is 0 Å². The van der Waals surface area contributed by atoms with Gasteiger partial charge in [-0.05, 0) is 13.3 Å². The fraction of sp³-hybridized carbons (Fsp3) is 0.385. The van der Waals surface area contributed by atoms with Gasteiger partial charge in [0.15, 0.2) is 16.8 Å². The van der Waals surface area contributed by atoms with Crippen LogP contribution in [0.1, 0.15) is 19.8 Å². The minimum absolute atomic E-state index is 0.221. The Morgan fingerprint density at radius 2 is 2.15 bits per heavy atom. The van der Waals surface area contributed by atoms with Crippen molar-refractivity contribution in [2.45, 2.75) is 24.9 Å². The molecular formula is C13H14F2N2O2S. The number of ether oxygens (including phenoxy) is 1. The van der Waals surface area contributed by atoms with Crippen LogP contribution in [0.3, 0.4) is 0 Å². The van der Waals surface area contributed by atoms with Crippen molar-refractivity contribution in [1.82, 2.24) is 9.97 Å². The summed E-state index contributed by atoms with van der Waals surface area (Å²) in [5.41, 5.74) is 0.841. The Morgan fingerprint density at radius 3 is 2.90 bits per heavy atom. The minimum Gasteiger partial charge on any atom is -0.466 e. The molecule has 0 spiro atoms. The molecule has 4 nitrogen and oxygen atoms in total. The Balaban J connectivity index is 1.89. The van der Waals surface area contributed by atoms with Crippen LogP contribution in [0.5, 0.6) is 0 Å². The average molecular weight is 300 g/mol. The van der Waals surface area contributed by atoms with E-state index in [1.807, 2.05) is 0 Å². The monoisotopic (exact) mass is 300 g/mol. The van der Waals surface area contributed by atoms with Gasteiger partial charge in [-0.1, -0.05) is 11.8 Å².